The molecular weight excluding hydrogens is 304 g/mol. The van der Waals surface area contributed by atoms with Gasteiger partial charge in [-0.3, -0.25) is 4.79 Å². The van der Waals surface area contributed by atoms with Crippen molar-refractivity contribution in [3.8, 4) is 0 Å². The van der Waals surface area contributed by atoms with E-state index in [0.29, 0.717) is 11.6 Å². The summed E-state index contributed by atoms with van der Waals surface area (Å²) in [6, 6.07) is 20.3. The first-order valence-electron chi connectivity index (χ1n) is 7.62. The number of aryl methyl sites for hydroxylation is 1. The molecule has 0 radical (unpaired) electrons. The van der Waals surface area contributed by atoms with Crippen LogP contribution < -0.4 is 5.32 Å². The Balaban J connectivity index is 1.51. The van der Waals surface area contributed by atoms with Gasteiger partial charge in [-0.05, 0) is 17.5 Å². The molecule has 3 nitrogen and oxygen atoms in total. The van der Waals surface area contributed by atoms with Crippen molar-refractivity contribution < 1.29 is 4.79 Å². The zero-order valence-electron chi connectivity index (χ0n) is 12.7. The van der Waals surface area contributed by atoms with Gasteiger partial charge in [0.05, 0.1) is 0 Å². The number of hydrogen-bond acceptors (Lipinski definition) is 3. The fourth-order valence-corrected chi connectivity index (χ4v) is 3.19. The van der Waals surface area contributed by atoms with Gasteiger partial charge in [0.25, 0.3) is 0 Å². The molecule has 0 aliphatic carbocycles. The van der Waals surface area contributed by atoms with Gasteiger partial charge in [0.2, 0.25) is 5.91 Å². The minimum absolute atomic E-state index is 0.00876. The van der Waals surface area contributed by atoms with Crippen LogP contribution in [0, 0.1) is 0 Å². The SMILES string of the molecule is O=C(CCc1ccccc1)Nc1ncc(Cc2ccccc2)s1. The molecular formula is C19H18N2OS. The van der Waals surface area contributed by atoms with Crippen molar-refractivity contribution in [2.24, 2.45) is 0 Å². The van der Waals surface area contributed by atoms with Crippen LogP contribution in [0.3, 0.4) is 0 Å². The van der Waals surface area contributed by atoms with Gasteiger partial charge in [-0.15, -0.1) is 11.3 Å². The Morgan fingerprint density at radius 1 is 0.957 bits per heavy atom. The average molecular weight is 322 g/mol. The molecule has 0 unspecified atom stereocenters. The van der Waals surface area contributed by atoms with E-state index in [9.17, 15) is 4.79 Å². The maximum Gasteiger partial charge on any atom is 0.226 e. The van der Waals surface area contributed by atoms with Gasteiger partial charge < -0.3 is 5.32 Å². The number of nitrogens with one attached hydrogen (secondary N) is 1. The van der Waals surface area contributed by atoms with E-state index >= 15 is 0 Å². The van der Waals surface area contributed by atoms with Gasteiger partial charge in [-0.1, -0.05) is 60.7 Å². The van der Waals surface area contributed by atoms with Gasteiger partial charge in [-0.2, -0.15) is 0 Å². The third kappa shape index (κ3) is 4.76. The van der Waals surface area contributed by atoms with E-state index in [1.165, 1.54) is 22.5 Å². The molecule has 1 aromatic heterocycles. The molecule has 116 valence electrons. The molecule has 0 saturated heterocycles. The van der Waals surface area contributed by atoms with Crippen LogP contribution in [0.15, 0.2) is 66.9 Å². The number of anilines is 1. The summed E-state index contributed by atoms with van der Waals surface area (Å²) in [4.78, 5) is 17.5. The topological polar surface area (TPSA) is 42.0 Å². The molecule has 3 rings (SSSR count). The number of nitrogens with zero attached hydrogens (tertiary/aromatic N) is 1. The van der Waals surface area contributed by atoms with Gasteiger partial charge in [-0.25, -0.2) is 4.98 Å². The van der Waals surface area contributed by atoms with E-state index in [0.717, 1.165) is 17.7 Å². The molecule has 4 heteroatoms. The summed E-state index contributed by atoms with van der Waals surface area (Å²) >= 11 is 1.53. The second-order valence-electron chi connectivity index (χ2n) is 5.33. The van der Waals surface area contributed by atoms with Crippen LogP contribution in [-0.4, -0.2) is 10.9 Å². The minimum Gasteiger partial charge on any atom is -0.302 e. The molecule has 0 aliphatic heterocycles. The Hall–Kier alpha value is -2.46. The molecule has 0 aliphatic rings. The van der Waals surface area contributed by atoms with Crippen LogP contribution in [0.1, 0.15) is 22.4 Å². The highest BCUT2D eigenvalue weighted by atomic mass is 32.1. The van der Waals surface area contributed by atoms with Crippen LogP contribution in [0.4, 0.5) is 5.13 Å². The Bertz CT molecular complexity index is 753. The highest BCUT2D eigenvalue weighted by Gasteiger charge is 2.07. The van der Waals surface area contributed by atoms with Gasteiger partial charge in [0.15, 0.2) is 5.13 Å². The molecule has 0 bridgehead atoms. The van der Waals surface area contributed by atoms with E-state index < -0.39 is 0 Å². The highest BCUT2D eigenvalue weighted by molar-refractivity contribution is 7.15. The zero-order chi connectivity index (χ0) is 15.9. The molecule has 0 spiro atoms. The number of hydrogen-bond donors (Lipinski definition) is 1. The van der Waals surface area contributed by atoms with Crippen molar-refractivity contribution in [2.75, 3.05) is 5.32 Å². The van der Waals surface area contributed by atoms with Gasteiger partial charge in [0, 0.05) is 23.9 Å². The number of amides is 1. The largest absolute Gasteiger partial charge is 0.302 e. The van der Waals surface area contributed by atoms with Crippen molar-refractivity contribution in [1.29, 1.82) is 0 Å². The summed E-state index contributed by atoms with van der Waals surface area (Å²) in [6.45, 7) is 0. The Morgan fingerprint density at radius 3 is 2.30 bits per heavy atom. The zero-order valence-corrected chi connectivity index (χ0v) is 13.6. The smallest absolute Gasteiger partial charge is 0.226 e. The molecule has 1 heterocycles. The lowest BCUT2D eigenvalue weighted by Crippen LogP contribution is -2.11. The van der Waals surface area contributed by atoms with E-state index in [1.54, 1.807) is 0 Å². The Kier molecular flexibility index (Phi) is 5.17. The van der Waals surface area contributed by atoms with E-state index in [1.807, 2.05) is 54.7 Å². The minimum atomic E-state index is 0.00876. The van der Waals surface area contributed by atoms with Crippen LogP contribution in [0.2, 0.25) is 0 Å². The molecule has 1 amide bonds. The molecule has 23 heavy (non-hydrogen) atoms. The molecule has 2 aromatic carbocycles. The maximum absolute atomic E-state index is 12.0. The number of rotatable bonds is 6. The van der Waals surface area contributed by atoms with E-state index in [4.69, 9.17) is 0 Å². The summed E-state index contributed by atoms with van der Waals surface area (Å²) in [5.41, 5.74) is 2.42. The monoisotopic (exact) mass is 322 g/mol. The average Bonchev–Trinajstić information content (AvgIpc) is 3.02. The summed E-state index contributed by atoms with van der Waals surface area (Å²) in [7, 11) is 0. The van der Waals surface area contributed by atoms with Crippen molar-refractivity contribution in [3.63, 3.8) is 0 Å². The first-order valence-corrected chi connectivity index (χ1v) is 8.43. The summed E-state index contributed by atoms with van der Waals surface area (Å²) in [5, 5.41) is 3.56. The first kappa shape index (κ1) is 15.4. The van der Waals surface area contributed by atoms with Crippen LogP contribution in [0.5, 0.6) is 0 Å². The number of benzene rings is 2. The van der Waals surface area contributed by atoms with E-state index in [-0.39, 0.29) is 5.91 Å². The Labute approximate surface area is 140 Å². The predicted molar refractivity (Wildman–Crippen MR) is 94.8 cm³/mol. The first-order chi connectivity index (χ1) is 11.3. The summed E-state index contributed by atoms with van der Waals surface area (Å²) in [6.07, 6.45) is 3.90. The van der Waals surface area contributed by atoms with Crippen LogP contribution in [0.25, 0.3) is 0 Å². The van der Waals surface area contributed by atoms with Crippen LogP contribution in [-0.2, 0) is 17.6 Å². The molecule has 0 saturated carbocycles. The Morgan fingerprint density at radius 2 is 1.61 bits per heavy atom. The quantitative estimate of drug-likeness (QED) is 0.735. The maximum atomic E-state index is 12.0. The second kappa shape index (κ2) is 7.70. The van der Waals surface area contributed by atoms with Crippen molar-refractivity contribution in [2.45, 2.75) is 19.3 Å². The third-order valence-electron chi connectivity index (χ3n) is 3.50. The van der Waals surface area contributed by atoms with Gasteiger partial charge >= 0.3 is 0 Å². The van der Waals surface area contributed by atoms with Crippen molar-refractivity contribution >= 4 is 22.4 Å². The fourth-order valence-electron chi connectivity index (χ4n) is 2.33. The number of thiazole rings is 1. The number of carbonyl (C=O) groups is 1. The highest BCUT2D eigenvalue weighted by Crippen LogP contribution is 2.21. The second-order valence-corrected chi connectivity index (χ2v) is 6.44. The lowest BCUT2D eigenvalue weighted by Gasteiger charge is -2.02. The number of aromatic nitrogens is 1. The van der Waals surface area contributed by atoms with E-state index in [2.05, 4.69) is 22.4 Å². The standard InChI is InChI=1S/C19H18N2OS/c22-18(12-11-15-7-3-1-4-8-15)21-19-20-14-17(23-19)13-16-9-5-2-6-10-16/h1-10,14H,11-13H2,(H,20,21,22). The van der Waals surface area contributed by atoms with Crippen molar-refractivity contribution in [1.82, 2.24) is 4.98 Å². The van der Waals surface area contributed by atoms with Gasteiger partial charge in [0.1, 0.15) is 0 Å². The number of carbonyl (C=O) groups excluding carboxylic acids is 1. The molecule has 0 atom stereocenters. The third-order valence-corrected chi connectivity index (χ3v) is 4.42. The fraction of sp³-hybridized carbons (Fsp3) is 0.158. The normalized spacial score (nSPS) is 10.4. The molecule has 0 fully saturated rings. The lowest BCUT2D eigenvalue weighted by atomic mass is 10.1. The lowest BCUT2D eigenvalue weighted by molar-refractivity contribution is -0.116. The predicted octanol–water partition coefficient (Wildman–Crippen LogP) is 4.31. The van der Waals surface area contributed by atoms with Crippen LogP contribution >= 0.6 is 11.3 Å². The molecule has 1 N–H and O–H groups in total. The molecule has 3 aromatic rings. The summed E-state index contributed by atoms with van der Waals surface area (Å²) < 4.78 is 0. The summed E-state index contributed by atoms with van der Waals surface area (Å²) in [5.74, 6) is 0.00876. The van der Waals surface area contributed by atoms with Crippen molar-refractivity contribution in [3.05, 3.63) is 82.9 Å².